The van der Waals surface area contributed by atoms with E-state index in [1.807, 2.05) is 0 Å². The van der Waals surface area contributed by atoms with Crippen LogP contribution in [0.1, 0.15) is 11.1 Å². The van der Waals surface area contributed by atoms with Crippen molar-refractivity contribution >= 4 is 11.6 Å². The highest BCUT2D eigenvalue weighted by Crippen LogP contribution is 2.36. The van der Waals surface area contributed by atoms with Crippen LogP contribution in [0, 0.1) is 0 Å². The average Bonchev–Trinajstić information content (AvgIpc) is 2.90. The molecule has 0 spiro atoms. The Morgan fingerprint density at radius 1 is 1.40 bits per heavy atom. The highest BCUT2D eigenvalue weighted by Gasteiger charge is 2.36. The molecule has 1 fully saturated rings. The molecular formula is C10H8ClF3O. The molecule has 1 aromatic rings. The summed E-state index contributed by atoms with van der Waals surface area (Å²) >= 11 is 5.75. The summed E-state index contributed by atoms with van der Waals surface area (Å²) in [4.78, 5) is 0. The summed E-state index contributed by atoms with van der Waals surface area (Å²) in [5.41, 5.74) is -0.528. The maximum Gasteiger partial charge on any atom is 0.416 e. The van der Waals surface area contributed by atoms with E-state index in [1.54, 1.807) is 0 Å². The van der Waals surface area contributed by atoms with Crippen molar-refractivity contribution in [1.29, 1.82) is 0 Å². The van der Waals surface area contributed by atoms with E-state index in [9.17, 15) is 13.2 Å². The van der Waals surface area contributed by atoms with Crippen molar-refractivity contribution in [2.45, 2.75) is 18.7 Å². The van der Waals surface area contributed by atoms with Gasteiger partial charge in [-0.05, 0) is 17.7 Å². The molecule has 82 valence electrons. The number of ether oxygens (including phenoxy) is 1. The van der Waals surface area contributed by atoms with Crippen molar-refractivity contribution in [2.24, 2.45) is 0 Å². The first-order chi connectivity index (χ1) is 6.98. The van der Waals surface area contributed by atoms with Gasteiger partial charge < -0.3 is 4.74 Å². The number of hydrogen-bond acceptors (Lipinski definition) is 1. The Labute approximate surface area is 89.8 Å². The van der Waals surface area contributed by atoms with Gasteiger partial charge >= 0.3 is 6.18 Å². The molecular weight excluding hydrogens is 229 g/mol. The van der Waals surface area contributed by atoms with Gasteiger partial charge in [-0.15, -0.1) is 0 Å². The van der Waals surface area contributed by atoms with Gasteiger partial charge in [-0.1, -0.05) is 17.7 Å². The summed E-state index contributed by atoms with van der Waals surface area (Å²) in [6, 6.07) is 3.82. The second-order valence-electron chi connectivity index (χ2n) is 3.42. The largest absolute Gasteiger partial charge is 0.416 e. The number of benzene rings is 1. The minimum Gasteiger partial charge on any atom is -0.373 e. The van der Waals surface area contributed by atoms with E-state index in [2.05, 4.69) is 0 Å². The van der Waals surface area contributed by atoms with E-state index in [0.29, 0.717) is 6.61 Å². The Morgan fingerprint density at radius 3 is 2.60 bits per heavy atom. The third kappa shape index (κ3) is 2.44. The highest BCUT2D eigenvalue weighted by molar-refractivity contribution is 6.31. The zero-order chi connectivity index (χ0) is 11.1. The van der Waals surface area contributed by atoms with Crippen LogP contribution in [0.5, 0.6) is 0 Å². The zero-order valence-electron chi connectivity index (χ0n) is 7.64. The molecule has 1 heterocycles. The topological polar surface area (TPSA) is 12.5 Å². The van der Waals surface area contributed by atoms with Crippen molar-refractivity contribution in [2.75, 3.05) is 6.61 Å². The van der Waals surface area contributed by atoms with Crippen LogP contribution in [0.2, 0.25) is 5.02 Å². The molecule has 1 aromatic carbocycles. The lowest BCUT2D eigenvalue weighted by Crippen LogP contribution is -2.11. The summed E-state index contributed by atoms with van der Waals surface area (Å²) in [6.45, 7) is 0.516. The SMILES string of the molecule is FC(F)(F)c1cccc(Cl)c1CC1CO1. The zero-order valence-corrected chi connectivity index (χ0v) is 8.40. The van der Waals surface area contributed by atoms with Crippen LogP contribution in [0.3, 0.4) is 0 Å². The summed E-state index contributed by atoms with van der Waals surface area (Å²) in [6.07, 6.45) is -4.23. The molecule has 0 saturated carbocycles. The number of epoxide rings is 1. The van der Waals surface area contributed by atoms with Crippen molar-refractivity contribution in [1.82, 2.24) is 0 Å². The van der Waals surface area contributed by atoms with E-state index >= 15 is 0 Å². The van der Waals surface area contributed by atoms with Crippen molar-refractivity contribution in [3.63, 3.8) is 0 Å². The normalized spacial score (nSPS) is 20.4. The molecule has 5 heteroatoms. The first-order valence-corrected chi connectivity index (χ1v) is 4.82. The summed E-state index contributed by atoms with van der Waals surface area (Å²) in [5, 5.41) is 0.153. The first-order valence-electron chi connectivity index (χ1n) is 4.44. The second kappa shape index (κ2) is 3.68. The summed E-state index contributed by atoms with van der Waals surface area (Å²) in [5.74, 6) is 0. The van der Waals surface area contributed by atoms with Crippen LogP contribution in [-0.4, -0.2) is 12.7 Å². The first kappa shape index (κ1) is 10.8. The third-order valence-electron chi connectivity index (χ3n) is 2.26. The molecule has 1 saturated heterocycles. The lowest BCUT2D eigenvalue weighted by molar-refractivity contribution is -0.138. The van der Waals surface area contributed by atoms with E-state index in [0.717, 1.165) is 6.07 Å². The Kier molecular flexibility index (Phi) is 2.64. The fraction of sp³-hybridized carbons (Fsp3) is 0.400. The van der Waals surface area contributed by atoms with E-state index in [4.69, 9.17) is 16.3 Å². The predicted octanol–water partition coefficient (Wildman–Crippen LogP) is 3.30. The molecule has 0 aliphatic carbocycles. The fourth-order valence-corrected chi connectivity index (χ4v) is 1.70. The highest BCUT2D eigenvalue weighted by atomic mass is 35.5. The van der Waals surface area contributed by atoms with Crippen LogP contribution in [0.4, 0.5) is 13.2 Å². The molecule has 0 bridgehead atoms. The molecule has 1 nitrogen and oxygen atoms in total. The van der Waals surface area contributed by atoms with Crippen molar-refractivity contribution < 1.29 is 17.9 Å². The quantitative estimate of drug-likeness (QED) is 0.718. The molecule has 2 rings (SSSR count). The molecule has 1 atom stereocenters. The number of alkyl halides is 3. The number of rotatable bonds is 2. The maximum atomic E-state index is 12.6. The lowest BCUT2D eigenvalue weighted by atomic mass is 10.0. The van der Waals surface area contributed by atoms with Crippen LogP contribution in [-0.2, 0) is 17.3 Å². The number of hydrogen-bond donors (Lipinski definition) is 0. The third-order valence-corrected chi connectivity index (χ3v) is 2.61. The van der Waals surface area contributed by atoms with Gasteiger partial charge in [0.05, 0.1) is 18.3 Å². The second-order valence-corrected chi connectivity index (χ2v) is 3.83. The molecule has 1 aliphatic heterocycles. The van der Waals surface area contributed by atoms with Gasteiger partial charge in [0.15, 0.2) is 0 Å². The van der Waals surface area contributed by atoms with Crippen LogP contribution in [0.25, 0.3) is 0 Å². The molecule has 0 amide bonds. The van der Waals surface area contributed by atoms with Crippen molar-refractivity contribution in [3.05, 3.63) is 34.3 Å². The van der Waals surface area contributed by atoms with E-state index in [1.165, 1.54) is 12.1 Å². The van der Waals surface area contributed by atoms with Gasteiger partial charge in [-0.2, -0.15) is 13.2 Å². The van der Waals surface area contributed by atoms with Gasteiger partial charge in [0.2, 0.25) is 0 Å². The van der Waals surface area contributed by atoms with Gasteiger partial charge in [0, 0.05) is 11.4 Å². The molecule has 0 N–H and O–H groups in total. The maximum absolute atomic E-state index is 12.6. The molecule has 0 radical (unpaired) electrons. The average molecular weight is 237 g/mol. The van der Waals surface area contributed by atoms with Gasteiger partial charge in [-0.25, -0.2) is 0 Å². The van der Waals surface area contributed by atoms with Crippen LogP contribution < -0.4 is 0 Å². The molecule has 15 heavy (non-hydrogen) atoms. The molecule has 1 unspecified atom stereocenters. The van der Waals surface area contributed by atoms with Gasteiger partial charge in [0.1, 0.15) is 0 Å². The predicted molar refractivity (Wildman–Crippen MR) is 49.9 cm³/mol. The minimum atomic E-state index is -4.35. The minimum absolute atomic E-state index is 0.106. The Morgan fingerprint density at radius 2 is 2.07 bits per heavy atom. The Balaban J connectivity index is 2.38. The lowest BCUT2D eigenvalue weighted by Gasteiger charge is -2.13. The molecule has 1 aliphatic rings. The van der Waals surface area contributed by atoms with Gasteiger partial charge in [-0.3, -0.25) is 0 Å². The Bertz CT molecular complexity index is 371. The van der Waals surface area contributed by atoms with Crippen LogP contribution >= 0.6 is 11.6 Å². The smallest absolute Gasteiger partial charge is 0.373 e. The summed E-state index contributed by atoms with van der Waals surface area (Å²) < 4.78 is 42.7. The monoisotopic (exact) mass is 236 g/mol. The van der Waals surface area contributed by atoms with Crippen LogP contribution in [0.15, 0.2) is 18.2 Å². The van der Waals surface area contributed by atoms with Gasteiger partial charge in [0.25, 0.3) is 0 Å². The van der Waals surface area contributed by atoms with E-state index in [-0.39, 0.29) is 23.1 Å². The standard InChI is InChI=1S/C10H8ClF3O/c11-9-3-1-2-8(10(12,13)14)7(9)4-6-5-15-6/h1-3,6H,4-5H2. The fourth-order valence-electron chi connectivity index (χ4n) is 1.45. The Hall–Kier alpha value is -0.740. The summed E-state index contributed by atoms with van der Waals surface area (Å²) in [7, 11) is 0. The van der Waals surface area contributed by atoms with E-state index < -0.39 is 11.7 Å². The van der Waals surface area contributed by atoms with Crippen molar-refractivity contribution in [3.8, 4) is 0 Å². The molecule has 0 aromatic heterocycles. The number of halogens is 4.